The van der Waals surface area contributed by atoms with Crippen LogP contribution in [0.5, 0.6) is 0 Å². The standard InChI is InChI=1S/C13H27NO2/c1-11(2)14-12(10-15)8-9-16-13-6-4-3-5-7-13/h11-15H,3-10H2,1-2H3. The van der Waals surface area contributed by atoms with Gasteiger partial charge in [-0.3, -0.25) is 0 Å². The summed E-state index contributed by atoms with van der Waals surface area (Å²) in [6.45, 7) is 5.18. The van der Waals surface area contributed by atoms with Gasteiger partial charge in [-0.05, 0) is 19.3 Å². The van der Waals surface area contributed by atoms with Crippen molar-refractivity contribution in [3.8, 4) is 0 Å². The number of hydrogen-bond acceptors (Lipinski definition) is 3. The first-order chi connectivity index (χ1) is 7.72. The maximum Gasteiger partial charge on any atom is 0.0585 e. The lowest BCUT2D eigenvalue weighted by Crippen LogP contribution is -2.38. The van der Waals surface area contributed by atoms with Crippen LogP contribution >= 0.6 is 0 Å². The molecule has 3 nitrogen and oxygen atoms in total. The summed E-state index contributed by atoms with van der Waals surface area (Å²) < 4.78 is 5.85. The van der Waals surface area contributed by atoms with Crippen molar-refractivity contribution in [2.75, 3.05) is 13.2 Å². The van der Waals surface area contributed by atoms with Crippen molar-refractivity contribution in [1.82, 2.24) is 5.32 Å². The quantitative estimate of drug-likeness (QED) is 0.702. The van der Waals surface area contributed by atoms with Gasteiger partial charge in [0.2, 0.25) is 0 Å². The van der Waals surface area contributed by atoms with Gasteiger partial charge < -0.3 is 15.2 Å². The van der Waals surface area contributed by atoms with E-state index in [-0.39, 0.29) is 12.6 Å². The van der Waals surface area contributed by atoms with Crippen molar-refractivity contribution < 1.29 is 9.84 Å². The van der Waals surface area contributed by atoms with Crippen molar-refractivity contribution in [1.29, 1.82) is 0 Å². The van der Waals surface area contributed by atoms with E-state index in [1.54, 1.807) is 0 Å². The Hall–Kier alpha value is -0.120. The van der Waals surface area contributed by atoms with Gasteiger partial charge >= 0.3 is 0 Å². The van der Waals surface area contributed by atoms with E-state index in [1.807, 2.05) is 0 Å². The molecule has 2 N–H and O–H groups in total. The predicted molar refractivity (Wildman–Crippen MR) is 66.6 cm³/mol. The fourth-order valence-corrected chi connectivity index (χ4v) is 2.31. The zero-order valence-corrected chi connectivity index (χ0v) is 10.7. The number of aliphatic hydroxyl groups excluding tert-OH is 1. The van der Waals surface area contributed by atoms with Crippen LogP contribution in [-0.2, 0) is 4.74 Å². The molecule has 0 radical (unpaired) electrons. The largest absolute Gasteiger partial charge is 0.395 e. The summed E-state index contributed by atoms with van der Waals surface area (Å²) in [6.07, 6.45) is 7.84. The fraction of sp³-hybridized carbons (Fsp3) is 1.00. The first-order valence-corrected chi connectivity index (χ1v) is 6.71. The van der Waals surface area contributed by atoms with Gasteiger partial charge in [0, 0.05) is 18.7 Å². The van der Waals surface area contributed by atoms with E-state index >= 15 is 0 Å². The van der Waals surface area contributed by atoms with E-state index in [9.17, 15) is 5.11 Å². The molecule has 0 heterocycles. The smallest absolute Gasteiger partial charge is 0.0585 e. The highest BCUT2D eigenvalue weighted by Gasteiger charge is 2.14. The summed E-state index contributed by atoms with van der Waals surface area (Å²) in [6, 6.07) is 0.607. The topological polar surface area (TPSA) is 41.5 Å². The molecule has 0 saturated heterocycles. The molecule has 96 valence electrons. The normalized spacial score (nSPS) is 20.2. The molecule has 0 aromatic carbocycles. The second-order valence-electron chi connectivity index (χ2n) is 5.12. The molecule has 1 aliphatic carbocycles. The van der Waals surface area contributed by atoms with Crippen molar-refractivity contribution in [2.45, 2.75) is 70.6 Å². The van der Waals surface area contributed by atoms with Crippen LogP contribution in [0.1, 0.15) is 52.4 Å². The third-order valence-electron chi connectivity index (χ3n) is 3.16. The molecular weight excluding hydrogens is 202 g/mol. The zero-order valence-electron chi connectivity index (χ0n) is 10.7. The van der Waals surface area contributed by atoms with Gasteiger partial charge in [-0.15, -0.1) is 0 Å². The average Bonchev–Trinajstić information content (AvgIpc) is 2.28. The van der Waals surface area contributed by atoms with Crippen LogP contribution in [0.3, 0.4) is 0 Å². The summed E-state index contributed by atoms with van der Waals surface area (Å²) >= 11 is 0. The van der Waals surface area contributed by atoms with E-state index in [4.69, 9.17) is 4.74 Å². The Morgan fingerprint density at radius 3 is 2.50 bits per heavy atom. The van der Waals surface area contributed by atoms with Crippen molar-refractivity contribution >= 4 is 0 Å². The Balaban J connectivity index is 2.07. The Morgan fingerprint density at radius 1 is 1.25 bits per heavy atom. The van der Waals surface area contributed by atoms with Crippen LogP contribution in [0.4, 0.5) is 0 Å². The van der Waals surface area contributed by atoms with Crippen LogP contribution in [0, 0.1) is 0 Å². The maximum absolute atomic E-state index is 9.19. The number of nitrogens with one attached hydrogen (secondary N) is 1. The molecule has 0 bridgehead atoms. The first-order valence-electron chi connectivity index (χ1n) is 6.71. The minimum absolute atomic E-state index is 0.184. The monoisotopic (exact) mass is 229 g/mol. The highest BCUT2D eigenvalue weighted by atomic mass is 16.5. The second-order valence-corrected chi connectivity index (χ2v) is 5.12. The van der Waals surface area contributed by atoms with E-state index < -0.39 is 0 Å². The molecule has 0 spiro atoms. The average molecular weight is 229 g/mol. The fourth-order valence-electron chi connectivity index (χ4n) is 2.31. The van der Waals surface area contributed by atoms with E-state index in [0.717, 1.165) is 13.0 Å². The van der Waals surface area contributed by atoms with Crippen LogP contribution in [0.2, 0.25) is 0 Å². The van der Waals surface area contributed by atoms with Gasteiger partial charge in [-0.25, -0.2) is 0 Å². The van der Waals surface area contributed by atoms with Gasteiger partial charge in [0.05, 0.1) is 12.7 Å². The summed E-state index contributed by atoms with van der Waals surface area (Å²) in [4.78, 5) is 0. The molecule has 0 aliphatic heterocycles. The molecule has 0 amide bonds. The molecule has 0 aromatic rings. The molecule has 0 aromatic heterocycles. The van der Waals surface area contributed by atoms with Crippen LogP contribution in [0.15, 0.2) is 0 Å². The molecule has 16 heavy (non-hydrogen) atoms. The van der Waals surface area contributed by atoms with E-state index in [0.29, 0.717) is 12.1 Å². The summed E-state index contributed by atoms with van der Waals surface area (Å²) in [5.74, 6) is 0. The highest BCUT2D eigenvalue weighted by molar-refractivity contribution is 4.69. The van der Waals surface area contributed by atoms with Gasteiger partial charge in [-0.2, -0.15) is 0 Å². The zero-order chi connectivity index (χ0) is 11.8. The highest BCUT2D eigenvalue weighted by Crippen LogP contribution is 2.20. The van der Waals surface area contributed by atoms with Gasteiger partial charge in [0.15, 0.2) is 0 Å². The van der Waals surface area contributed by atoms with E-state index in [1.165, 1.54) is 32.1 Å². The van der Waals surface area contributed by atoms with E-state index in [2.05, 4.69) is 19.2 Å². The molecule has 1 atom stereocenters. The minimum Gasteiger partial charge on any atom is -0.395 e. The summed E-state index contributed by atoms with van der Waals surface area (Å²) in [7, 11) is 0. The lowest BCUT2D eigenvalue weighted by Gasteiger charge is -2.24. The molecule has 3 heteroatoms. The van der Waals surface area contributed by atoms with Crippen LogP contribution in [0.25, 0.3) is 0 Å². The molecule has 1 rings (SSSR count). The Bertz CT molecular complexity index is 167. The molecule has 1 fully saturated rings. The van der Waals surface area contributed by atoms with Gasteiger partial charge in [0.1, 0.15) is 0 Å². The van der Waals surface area contributed by atoms with Gasteiger partial charge in [-0.1, -0.05) is 33.1 Å². The molecule has 1 aliphatic rings. The first kappa shape index (κ1) is 13.9. The van der Waals surface area contributed by atoms with Crippen molar-refractivity contribution in [3.63, 3.8) is 0 Å². The third kappa shape index (κ3) is 5.83. The lowest BCUT2D eigenvalue weighted by molar-refractivity contribution is 0.0204. The molecule has 1 saturated carbocycles. The lowest BCUT2D eigenvalue weighted by atomic mass is 9.98. The molecule has 1 unspecified atom stereocenters. The number of rotatable bonds is 7. The van der Waals surface area contributed by atoms with Crippen LogP contribution in [-0.4, -0.2) is 36.5 Å². The van der Waals surface area contributed by atoms with Gasteiger partial charge in [0.25, 0.3) is 0 Å². The van der Waals surface area contributed by atoms with Crippen molar-refractivity contribution in [3.05, 3.63) is 0 Å². The Labute approximate surface area is 99.6 Å². The number of hydrogen-bond donors (Lipinski definition) is 2. The maximum atomic E-state index is 9.19. The number of aliphatic hydroxyl groups is 1. The van der Waals surface area contributed by atoms with Crippen molar-refractivity contribution in [2.24, 2.45) is 0 Å². The molecular formula is C13H27NO2. The Morgan fingerprint density at radius 2 is 1.94 bits per heavy atom. The third-order valence-corrected chi connectivity index (χ3v) is 3.16. The SMILES string of the molecule is CC(C)NC(CO)CCOC1CCCCC1. The Kier molecular flexibility index (Phi) is 7.01. The summed E-state index contributed by atoms with van der Waals surface area (Å²) in [5.41, 5.74) is 0. The number of ether oxygens (including phenoxy) is 1. The predicted octanol–water partition coefficient (Wildman–Crippen LogP) is 2.08. The van der Waals surface area contributed by atoms with Crippen LogP contribution < -0.4 is 5.32 Å². The second kappa shape index (κ2) is 8.04. The minimum atomic E-state index is 0.184. The summed E-state index contributed by atoms with van der Waals surface area (Å²) in [5, 5.41) is 12.5.